The topological polar surface area (TPSA) is 73.2 Å². The van der Waals surface area contributed by atoms with Crippen molar-refractivity contribution in [2.24, 2.45) is 7.05 Å². The van der Waals surface area contributed by atoms with Crippen LogP contribution in [0.4, 0.5) is 0 Å². The van der Waals surface area contributed by atoms with Crippen LogP contribution in [0.3, 0.4) is 0 Å². The Balaban J connectivity index is 2.02. The van der Waals surface area contributed by atoms with E-state index in [1.54, 1.807) is 35.1 Å². The zero-order valence-electron chi connectivity index (χ0n) is 14.7. The van der Waals surface area contributed by atoms with E-state index in [-0.39, 0.29) is 11.9 Å². The van der Waals surface area contributed by atoms with E-state index in [0.29, 0.717) is 11.1 Å². The largest absolute Gasteiger partial charge is 0.456 e. The summed E-state index contributed by atoms with van der Waals surface area (Å²) in [6.07, 6.45) is 3.58. The van der Waals surface area contributed by atoms with Crippen LogP contribution in [-0.2, 0) is 11.8 Å². The summed E-state index contributed by atoms with van der Waals surface area (Å²) >= 11 is 0. The van der Waals surface area contributed by atoms with Gasteiger partial charge in [0.2, 0.25) is 0 Å². The number of benzene rings is 1. The van der Waals surface area contributed by atoms with Crippen LogP contribution in [0.5, 0.6) is 0 Å². The van der Waals surface area contributed by atoms with Gasteiger partial charge in [0.15, 0.2) is 0 Å². The highest BCUT2D eigenvalue weighted by Gasteiger charge is 2.18. The number of nitrogens with zero attached hydrogens (tertiary/aromatic N) is 2. The second-order valence-electron chi connectivity index (χ2n) is 6.72. The molecule has 1 amide bonds. The molecule has 0 saturated heterocycles. The van der Waals surface area contributed by atoms with Gasteiger partial charge in [-0.15, -0.1) is 0 Å². The molecule has 0 fully saturated rings. The van der Waals surface area contributed by atoms with E-state index in [1.807, 2.05) is 40.9 Å². The molecule has 0 bridgehead atoms. The molecule has 24 heavy (non-hydrogen) atoms. The molecular formula is C18H23N3O3. The lowest BCUT2D eigenvalue weighted by Gasteiger charge is -2.19. The SMILES string of the molecule is C[C@H](NC(=O)c1ccc(C(=O)OC(C)(C)C)cc1)c1cnn(C)c1. The van der Waals surface area contributed by atoms with Gasteiger partial charge in [-0.1, -0.05) is 0 Å². The second-order valence-corrected chi connectivity index (χ2v) is 6.72. The number of amides is 1. The molecule has 0 aliphatic heterocycles. The third kappa shape index (κ3) is 4.68. The van der Waals surface area contributed by atoms with Crippen molar-refractivity contribution >= 4 is 11.9 Å². The zero-order chi connectivity index (χ0) is 17.9. The van der Waals surface area contributed by atoms with Gasteiger partial charge in [0.1, 0.15) is 5.60 Å². The van der Waals surface area contributed by atoms with E-state index >= 15 is 0 Å². The third-order valence-corrected chi connectivity index (χ3v) is 3.35. The third-order valence-electron chi connectivity index (χ3n) is 3.35. The molecule has 1 aromatic carbocycles. The first-order valence-corrected chi connectivity index (χ1v) is 7.78. The fourth-order valence-electron chi connectivity index (χ4n) is 2.12. The van der Waals surface area contributed by atoms with Crippen molar-refractivity contribution in [1.82, 2.24) is 15.1 Å². The van der Waals surface area contributed by atoms with Gasteiger partial charge in [-0.05, 0) is 52.0 Å². The number of aromatic nitrogens is 2. The highest BCUT2D eigenvalue weighted by Crippen LogP contribution is 2.14. The normalized spacial score (nSPS) is 12.5. The van der Waals surface area contributed by atoms with E-state index in [9.17, 15) is 9.59 Å². The smallest absolute Gasteiger partial charge is 0.338 e. The van der Waals surface area contributed by atoms with E-state index in [0.717, 1.165) is 5.56 Å². The Bertz CT molecular complexity index is 727. The molecular weight excluding hydrogens is 306 g/mol. The predicted octanol–water partition coefficient (Wildman–Crippen LogP) is 2.87. The predicted molar refractivity (Wildman–Crippen MR) is 90.7 cm³/mol. The zero-order valence-corrected chi connectivity index (χ0v) is 14.7. The highest BCUT2D eigenvalue weighted by molar-refractivity contribution is 5.96. The van der Waals surface area contributed by atoms with Gasteiger partial charge >= 0.3 is 5.97 Å². The lowest BCUT2D eigenvalue weighted by atomic mass is 10.1. The number of hydrogen-bond acceptors (Lipinski definition) is 4. The van der Waals surface area contributed by atoms with Gasteiger partial charge in [-0.25, -0.2) is 4.79 Å². The second kappa shape index (κ2) is 6.86. The van der Waals surface area contributed by atoms with Gasteiger partial charge in [0.25, 0.3) is 5.91 Å². The summed E-state index contributed by atoms with van der Waals surface area (Å²) in [5.41, 5.74) is 1.28. The summed E-state index contributed by atoms with van der Waals surface area (Å²) in [6.45, 7) is 7.33. The van der Waals surface area contributed by atoms with Crippen molar-refractivity contribution in [2.75, 3.05) is 0 Å². The van der Waals surface area contributed by atoms with Crippen LogP contribution in [-0.4, -0.2) is 27.3 Å². The average Bonchev–Trinajstić information content (AvgIpc) is 2.92. The van der Waals surface area contributed by atoms with Crippen molar-refractivity contribution in [3.8, 4) is 0 Å². The van der Waals surface area contributed by atoms with Crippen LogP contribution < -0.4 is 5.32 Å². The molecule has 1 atom stereocenters. The molecule has 0 radical (unpaired) electrons. The molecule has 0 unspecified atom stereocenters. The molecule has 2 aromatic rings. The minimum atomic E-state index is -0.549. The van der Waals surface area contributed by atoms with Crippen molar-refractivity contribution in [1.29, 1.82) is 0 Å². The highest BCUT2D eigenvalue weighted by atomic mass is 16.6. The molecule has 0 aliphatic carbocycles. The number of nitrogens with one attached hydrogen (secondary N) is 1. The number of carbonyl (C=O) groups excluding carboxylic acids is 2. The van der Waals surface area contributed by atoms with Crippen LogP contribution >= 0.6 is 0 Å². The number of esters is 1. The van der Waals surface area contributed by atoms with Gasteiger partial charge < -0.3 is 10.1 Å². The van der Waals surface area contributed by atoms with E-state index in [1.165, 1.54) is 0 Å². The fraction of sp³-hybridized carbons (Fsp3) is 0.389. The number of carbonyl (C=O) groups is 2. The summed E-state index contributed by atoms with van der Waals surface area (Å²) in [7, 11) is 1.83. The minimum absolute atomic E-state index is 0.156. The van der Waals surface area contributed by atoms with Gasteiger partial charge in [0, 0.05) is 24.4 Å². The van der Waals surface area contributed by atoms with Crippen LogP contribution in [0.15, 0.2) is 36.7 Å². The van der Waals surface area contributed by atoms with Gasteiger partial charge in [-0.3, -0.25) is 9.48 Å². The number of hydrogen-bond donors (Lipinski definition) is 1. The molecule has 0 aliphatic rings. The Labute approximate surface area is 141 Å². The van der Waals surface area contributed by atoms with Crippen molar-refractivity contribution in [3.63, 3.8) is 0 Å². The summed E-state index contributed by atoms with van der Waals surface area (Å²) in [5.74, 6) is -0.611. The van der Waals surface area contributed by atoms with Crippen LogP contribution in [0.2, 0.25) is 0 Å². The fourth-order valence-corrected chi connectivity index (χ4v) is 2.12. The first-order valence-electron chi connectivity index (χ1n) is 7.78. The first kappa shape index (κ1) is 17.7. The van der Waals surface area contributed by atoms with Gasteiger partial charge in [-0.2, -0.15) is 5.10 Å². The molecule has 6 nitrogen and oxygen atoms in total. The summed E-state index contributed by atoms with van der Waals surface area (Å²) in [5, 5.41) is 7.00. The van der Waals surface area contributed by atoms with Crippen molar-refractivity contribution in [2.45, 2.75) is 39.3 Å². The molecule has 1 aromatic heterocycles. The van der Waals surface area contributed by atoms with Crippen LogP contribution in [0, 0.1) is 0 Å². The first-order chi connectivity index (χ1) is 11.2. The van der Waals surface area contributed by atoms with Crippen LogP contribution in [0.25, 0.3) is 0 Å². The van der Waals surface area contributed by atoms with Gasteiger partial charge in [0.05, 0.1) is 17.8 Å². The summed E-state index contributed by atoms with van der Waals surface area (Å²) in [6, 6.07) is 6.27. The van der Waals surface area contributed by atoms with Crippen LogP contribution in [0.1, 0.15) is 60.0 Å². The Kier molecular flexibility index (Phi) is 5.07. The Morgan fingerprint density at radius 2 is 1.75 bits per heavy atom. The molecule has 1 heterocycles. The Morgan fingerprint density at radius 3 is 2.25 bits per heavy atom. The molecule has 128 valence electrons. The molecule has 0 spiro atoms. The van der Waals surface area contributed by atoms with E-state index in [4.69, 9.17) is 4.74 Å². The molecule has 2 rings (SSSR count). The summed E-state index contributed by atoms with van der Waals surface area (Å²) in [4.78, 5) is 24.3. The van der Waals surface area contributed by atoms with Crippen molar-refractivity contribution in [3.05, 3.63) is 53.3 Å². The number of ether oxygens (including phenoxy) is 1. The average molecular weight is 329 g/mol. The number of aryl methyl sites for hydroxylation is 1. The molecule has 0 saturated carbocycles. The Hall–Kier alpha value is -2.63. The maximum absolute atomic E-state index is 12.3. The quantitative estimate of drug-likeness (QED) is 0.875. The molecule has 1 N–H and O–H groups in total. The lowest BCUT2D eigenvalue weighted by Crippen LogP contribution is -2.26. The number of rotatable bonds is 4. The monoisotopic (exact) mass is 329 g/mol. The maximum atomic E-state index is 12.3. The lowest BCUT2D eigenvalue weighted by molar-refractivity contribution is 0.00693. The van der Waals surface area contributed by atoms with E-state index in [2.05, 4.69) is 10.4 Å². The molecule has 6 heteroatoms. The minimum Gasteiger partial charge on any atom is -0.456 e. The van der Waals surface area contributed by atoms with Crippen molar-refractivity contribution < 1.29 is 14.3 Å². The summed E-state index contributed by atoms with van der Waals surface area (Å²) < 4.78 is 6.99. The van der Waals surface area contributed by atoms with E-state index < -0.39 is 11.6 Å². The standard InChI is InChI=1S/C18H23N3O3/c1-12(15-10-19-21(5)11-15)20-16(22)13-6-8-14(9-7-13)17(23)24-18(2,3)4/h6-12H,1-5H3,(H,20,22)/t12-/m0/s1. The Morgan fingerprint density at radius 1 is 1.17 bits per heavy atom. The maximum Gasteiger partial charge on any atom is 0.338 e.